The maximum Gasteiger partial charge on any atom is 0.163 e. The van der Waals surface area contributed by atoms with Crippen LogP contribution in [0.1, 0.15) is 29.8 Å². The van der Waals surface area contributed by atoms with E-state index in [0.29, 0.717) is 17.9 Å². The molecule has 0 unspecified atom stereocenters. The molecule has 1 saturated heterocycles. The van der Waals surface area contributed by atoms with Crippen LogP contribution in [-0.2, 0) is 6.54 Å². The number of ether oxygens (including phenoxy) is 1. The lowest BCUT2D eigenvalue weighted by atomic mass is 10.0. The second-order valence-electron chi connectivity index (χ2n) is 4.99. The number of piperazine rings is 1. The number of ketones is 1. The molecule has 2 rings (SSSR count). The molecule has 0 bridgehead atoms. The van der Waals surface area contributed by atoms with E-state index in [1.54, 1.807) is 12.1 Å². The SMILES string of the molecule is CCOc1cc(O)c(C(C)=O)cc1CN1CCNCC1. The third-order valence-corrected chi connectivity index (χ3v) is 3.46. The van der Waals surface area contributed by atoms with Gasteiger partial charge in [-0.25, -0.2) is 0 Å². The molecule has 1 aromatic carbocycles. The lowest BCUT2D eigenvalue weighted by Crippen LogP contribution is -2.42. The number of benzene rings is 1. The first-order valence-corrected chi connectivity index (χ1v) is 7.04. The highest BCUT2D eigenvalue weighted by Crippen LogP contribution is 2.30. The normalized spacial score (nSPS) is 16.1. The predicted molar refractivity (Wildman–Crippen MR) is 77.4 cm³/mol. The van der Waals surface area contributed by atoms with E-state index in [1.165, 1.54) is 6.92 Å². The molecule has 0 aliphatic carbocycles. The molecule has 0 atom stereocenters. The Morgan fingerprint density at radius 1 is 1.40 bits per heavy atom. The molecule has 20 heavy (non-hydrogen) atoms. The minimum absolute atomic E-state index is 0.00925. The number of carbonyl (C=O) groups excluding carboxylic acids is 1. The van der Waals surface area contributed by atoms with E-state index >= 15 is 0 Å². The van der Waals surface area contributed by atoms with Crippen LogP contribution in [0.3, 0.4) is 0 Å². The molecule has 0 radical (unpaired) electrons. The summed E-state index contributed by atoms with van der Waals surface area (Å²) in [5.74, 6) is 0.519. The monoisotopic (exact) mass is 278 g/mol. The third kappa shape index (κ3) is 3.49. The molecule has 0 saturated carbocycles. The average molecular weight is 278 g/mol. The molecule has 0 amide bonds. The van der Waals surface area contributed by atoms with Crippen molar-refractivity contribution in [1.82, 2.24) is 10.2 Å². The Morgan fingerprint density at radius 2 is 2.10 bits per heavy atom. The van der Waals surface area contributed by atoms with Crippen LogP contribution in [0, 0.1) is 0 Å². The van der Waals surface area contributed by atoms with Gasteiger partial charge in [0, 0.05) is 44.4 Å². The standard InChI is InChI=1S/C15H22N2O3/c1-3-20-15-9-14(19)13(11(2)18)8-12(15)10-17-6-4-16-5-7-17/h8-9,16,19H,3-7,10H2,1-2H3. The summed E-state index contributed by atoms with van der Waals surface area (Å²) in [6.45, 7) is 8.53. The topological polar surface area (TPSA) is 61.8 Å². The maximum absolute atomic E-state index is 11.6. The first-order chi connectivity index (χ1) is 9.61. The van der Waals surface area contributed by atoms with Crippen LogP contribution in [0.15, 0.2) is 12.1 Å². The maximum atomic E-state index is 11.6. The van der Waals surface area contributed by atoms with E-state index in [4.69, 9.17) is 4.74 Å². The van der Waals surface area contributed by atoms with Crippen LogP contribution in [0.25, 0.3) is 0 Å². The minimum atomic E-state index is -0.132. The number of nitrogens with zero attached hydrogens (tertiary/aromatic N) is 1. The van der Waals surface area contributed by atoms with E-state index in [9.17, 15) is 9.90 Å². The molecule has 1 fully saturated rings. The Morgan fingerprint density at radius 3 is 2.70 bits per heavy atom. The van der Waals surface area contributed by atoms with Gasteiger partial charge in [-0.3, -0.25) is 9.69 Å². The Balaban J connectivity index is 2.27. The minimum Gasteiger partial charge on any atom is -0.507 e. The number of hydrogen-bond donors (Lipinski definition) is 2. The van der Waals surface area contributed by atoms with Crippen molar-refractivity contribution in [3.63, 3.8) is 0 Å². The number of nitrogens with one attached hydrogen (secondary N) is 1. The first kappa shape index (κ1) is 14.8. The summed E-state index contributed by atoms with van der Waals surface area (Å²) < 4.78 is 5.58. The summed E-state index contributed by atoms with van der Waals surface area (Å²) in [5, 5.41) is 13.2. The van der Waals surface area contributed by atoms with Gasteiger partial charge in [0.1, 0.15) is 11.5 Å². The number of carbonyl (C=O) groups is 1. The molecule has 0 aromatic heterocycles. The summed E-state index contributed by atoms with van der Waals surface area (Å²) in [6, 6.07) is 3.31. The van der Waals surface area contributed by atoms with Crippen molar-refractivity contribution in [3.05, 3.63) is 23.3 Å². The van der Waals surface area contributed by atoms with Crippen LogP contribution in [0.5, 0.6) is 11.5 Å². The highest BCUT2D eigenvalue weighted by atomic mass is 16.5. The lowest BCUT2D eigenvalue weighted by molar-refractivity contribution is 0.101. The zero-order valence-electron chi connectivity index (χ0n) is 12.1. The number of phenolic OH excluding ortho intramolecular Hbond substituents is 1. The smallest absolute Gasteiger partial charge is 0.163 e. The van der Waals surface area contributed by atoms with Crippen LogP contribution < -0.4 is 10.1 Å². The second-order valence-corrected chi connectivity index (χ2v) is 4.99. The van der Waals surface area contributed by atoms with Gasteiger partial charge >= 0.3 is 0 Å². The molecule has 1 aliphatic rings. The average Bonchev–Trinajstić information content (AvgIpc) is 2.42. The van der Waals surface area contributed by atoms with Gasteiger partial charge in [0.2, 0.25) is 0 Å². The van der Waals surface area contributed by atoms with Gasteiger partial charge in [-0.2, -0.15) is 0 Å². The van der Waals surface area contributed by atoms with Gasteiger partial charge in [0.05, 0.1) is 12.2 Å². The van der Waals surface area contributed by atoms with Gasteiger partial charge in [0.25, 0.3) is 0 Å². The van der Waals surface area contributed by atoms with Gasteiger partial charge in [0.15, 0.2) is 5.78 Å². The number of phenols is 1. The molecule has 1 heterocycles. The fourth-order valence-corrected chi connectivity index (χ4v) is 2.42. The van der Waals surface area contributed by atoms with Crippen molar-refractivity contribution in [2.75, 3.05) is 32.8 Å². The van der Waals surface area contributed by atoms with Crippen molar-refractivity contribution < 1.29 is 14.6 Å². The second kappa shape index (κ2) is 6.72. The van der Waals surface area contributed by atoms with Crippen LogP contribution in [0.4, 0.5) is 0 Å². The van der Waals surface area contributed by atoms with E-state index in [-0.39, 0.29) is 11.5 Å². The lowest BCUT2D eigenvalue weighted by Gasteiger charge is -2.28. The number of aromatic hydroxyl groups is 1. The molecule has 5 nitrogen and oxygen atoms in total. The summed E-state index contributed by atoms with van der Waals surface area (Å²) in [7, 11) is 0. The molecule has 2 N–H and O–H groups in total. The van der Waals surface area contributed by atoms with E-state index in [2.05, 4.69) is 10.2 Å². The van der Waals surface area contributed by atoms with Crippen LogP contribution in [0.2, 0.25) is 0 Å². The van der Waals surface area contributed by atoms with Crippen molar-refractivity contribution in [1.29, 1.82) is 0 Å². The van der Waals surface area contributed by atoms with Gasteiger partial charge in [-0.15, -0.1) is 0 Å². The quantitative estimate of drug-likeness (QED) is 0.797. The van der Waals surface area contributed by atoms with Gasteiger partial charge in [-0.05, 0) is 19.9 Å². The zero-order chi connectivity index (χ0) is 14.5. The molecular formula is C15H22N2O3. The van der Waals surface area contributed by atoms with Crippen molar-refractivity contribution in [3.8, 4) is 11.5 Å². The fourth-order valence-electron chi connectivity index (χ4n) is 2.42. The van der Waals surface area contributed by atoms with E-state index in [0.717, 1.165) is 38.3 Å². The van der Waals surface area contributed by atoms with Gasteiger partial charge in [-0.1, -0.05) is 0 Å². The predicted octanol–water partition coefficient (Wildman–Crippen LogP) is 1.40. The summed E-state index contributed by atoms with van der Waals surface area (Å²) >= 11 is 0. The van der Waals surface area contributed by atoms with Crippen LogP contribution in [-0.4, -0.2) is 48.6 Å². The van der Waals surface area contributed by atoms with Gasteiger partial charge < -0.3 is 15.2 Å². The van der Waals surface area contributed by atoms with E-state index in [1.807, 2.05) is 6.92 Å². The Labute approximate surface area is 119 Å². The van der Waals surface area contributed by atoms with Crippen molar-refractivity contribution in [2.45, 2.75) is 20.4 Å². The highest BCUT2D eigenvalue weighted by molar-refractivity contribution is 5.97. The number of Topliss-reactive ketones (excluding diaryl/α,β-unsaturated/α-hetero) is 1. The molecule has 1 aromatic rings. The Kier molecular flexibility index (Phi) is 4.98. The summed E-state index contributed by atoms with van der Waals surface area (Å²) in [6.07, 6.45) is 0. The molecular weight excluding hydrogens is 256 g/mol. The highest BCUT2D eigenvalue weighted by Gasteiger charge is 2.17. The van der Waals surface area contributed by atoms with Crippen molar-refractivity contribution >= 4 is 5.78 Å². The fraction of sp³-hybridized carbons (Fsp3) is 0.533. The van der Waals surface area contributed by atoms with E-state index < -0.39 is 0 Å². The van der Waals surface area contributed by atoms with Crippen LogP contribution >= 0.6 is 0 Å². The van der Waals surface area contributed by atoms with Crippen molar-refractivity contribution in [2.24, 2.45) is 0 Å². The molecule has 0 spiro atoms. The Bertz CT molecular complexity index is 482. The largest absolute Gasteiger partial charge is 0.507 e. The zero-order valence-corrected chi connectivity index (χ0v) is 12.1. The molecule has 1 aliphatic heterocycles. The first-order valence-electron chi connectivity index (χ1n) is 7.04. The summed E-state index contributed by atoms with van der Waals surface area (Å²) in [5.41, 5.74) is 1.32. The Hall–Kier alpha value is -1.59. The number of hydrogen-bond acceptors (Lipinski definition) is 5. The molecule has 110 valence electrons. The number of rotatable bonds is 5. The summed E-state index contributed by atoms with van der Waals surface area (Å²) in [4.78, 5) is 13.9. The molecule has 5 heteroatoms. The third-order valence-electron chi connectivity index (χ3n) is 3.46.